The maximum Gasteiger partial charge on any atom is 0.188 e. The van der Waals surface area contributed by atoms with E-state index in [9.17, 15) is 4.79 Å². The van der Waals surface area contributed by atoms with Gasteiger partial charge in [0.1, 0.15) is 0 Å². The van der Waals surface area contributed by atoms with Crippen LogP contribution in [0.1, 0.15) is 101 Å². The van der Waals surface area contributed by atoms with E-state index in [1.54, 1.807) is 17.0 Å². The fourth-order valence-corrected chi connectivity index (χ4v) is 8.63. The molecule has 1 aromatic heterocycles. The van der Waals surface area contributed by atoms with E-state index in [1.807, 2.05) is 0 Å². The van der Waals surface area contributed by atoms with E-state index in [0.29, 0.717) is 17.9 Å². The van der Waals surface area contributed by atoms with Crippen LogP contribution in [0.25, 0.3) is 5.57 Å². The molecule has 1 aliphatic carbocycles. The normalized spacial score (nSPS) is 32.8. The molecule has 3 nitrogen and oxygen atoms in total. The molecule has 0 spiro atoms. The van der Waals surface area contributed by atoms with Crippen LogP contribution in [0.15, 0.2) is 28.6 Å². The summed E-state index contributed by atoms with van der Waals surface area (Å²) in [5.74, 6) is 0.357. The lowest BCUT2D eigenvalue weighted by Gasteiger charge is -2.39. The number of carbonyl (C=O) groups excluding carboxylic acids is 1. The molecule has 0 unspecified atom stereocenters. The number of ketones is 1. The van der Waals surface area contributed by atoms with Crippen molar-refractivity contribution < 1.29 is 4.79 Å². The van der Waals surface area contributed by atoms with Gasteiger partial charge in [-0.15, -0.1) is 0 Å². The van der Waals surface area contributed by atoms with Gasteiger partial charge in [-0.1, -0.05) is 19.9 Å². The van der Waals surface area contributed by atoms with E-state index < -0.39 is 0 Å². The third-order valence-corrected chi connectivity index (χ3v) is 9.67. The van der Waals surface area contributed by atoms with E-state index in [4.69, 9.17) is 0 Å². The molecule has 3 heteroatoms. The van der Waals surface area contributed by atoms with E-state index in [0.717, 1.165) is 24.8 Å². The molecule has 0 radical (unpaired) electrons. The number of allylic oxidation sites excluding steroid dienone is 4. The van der Waals surface area contributed by atoms with Crippen LogP contribution in [-0.4, -0.2) is 21.3 Å². The monoisotopic (exact) mass is 414 g/mol. The highest BCUT2D eigenvalue weighted by molar-refractivity contribution is 6.22. The number of rotatable bonds is 3. The Morgan fingerprint density at radius 1 is 1.00 bits per heavy atom. The Morgan fingerprint density at radius 2 is 1.84 bits per heavy atom. The number of aromatic nitrogens is 1. The Balaban J connectivity index is 1.55. The first-order chi connectivity index (χ1) is 15.1. The minimum absolute atomic E-state index is 0.189. The Hall–Kier alpha value is -2.03. The molecule has 7 rings (SSSR count). The minimum atomic E-state index is -0.189. The fraction of sp³-hybridized carbons (Fsp3) is 0.607. The third-order valence-electron chi connectivity index (χ3n) is 9.67. The summed E-state index contributed by atoms with van der Waals surface area (Å²) in [6.07, 6.45) is 15.7. The maximum absolute atomic E-state index is 13.9. The summed E-state index contributed by atoms with van der Waals surface area (Å²) >= 11 is 0. The predicted octanol–water partition coefficient (Wildman–Crippen LogP) is 6.04. The highest BCUT2D eigenvalue weighted by Crippen LogP contribution is 2.67. The predicted molar refractivity (Wildman–Crippen MR) is 124 cm³/mol. The lowest BCUT2D eigenvalue weighted by atomic mass is 9.69. The maximum atomic E-state index is 13.9. The van der Waals surface area contributed by atoms with Crippen molar-refractivity contribution in [3.05, 3.63) is 51.1 Å². The summed E-state index contributed by atoms with van der Waals surface area (Å²) in [7, 11) is 0. The fourth-order valence-electron chi connectivity index (χ4n) is 8.63. The average Bonchev–Trinajstić information content (AvgIpc) is 3.56. The van der Waals surface area contributed by atoms with Crippen LogP contribution < -0.4 is 0 Å². The third kappa shape index (κ3) is 1.93. The molecule has 0 N–H and O–H groups in total. The van der Waals surface area contributed by atoms with Gasteiger partial charge < -0.3 is 9.47 Å². The summed E-state index contributed by atoms with van der Waals surface area (Å²) < 4.78 is 2.74. The van der Waals surface area contributed by atoms with Gasteiger partial charge in [0.15, 0.2) is 5.78 Å². The molecule has 0 bridgehead atoms. The topological polar surface area (TPSA) is 25.2 Å². The number of nitrogens with zero attached hydrogens (tertiary/aromatic N) is 2. The van der Waals surface area contributed by atoms with Gasteiger partial charge >= 0.3 is 0 Å². The molecule has 0 saturated carbocycles. The molecule has 1 fully saturated rings. The molecule has 0 aromatic carbocycles. The Bertz CT molecular complexity index is 1140. The van der Waals surface area contributed by atoms with E-state index in [-0.39, 0.29) is 5.41 Å². The number of Topliss-reactive ketones (excluding diaryl/α,β-unsaturated/α-hetero) is 1. The van der Waals surface area contributed by atoms with Crippen molar-refractivity contribution in [2.24, 2.45) is 5.41 Å². The quantitative estimate of drug-likeness (QED) is 0.603. The van der Waals surface area contributed by atoms with Gasteiger partial charge in [0, 0.05) is 51.6 Å². The second-order valence-electron chi connectivity index (χ2n) is 10.7. The SMILES string of the molecule is CCc1c(C2=C(C)C(=O)C3=C4CC[C@H]5CCC=C(N45)[C@@]32CC)c2n3c1CCC[C@@H]3CC2. The van der Waals surface area contributed by atoms with E-state index >= 15 is 0 Å². The minimum Gasteiger partial charge on any atom is -0.345 e. The standard InChI is InChI=1S/C28H34N2O/c1-4-19-20-10-6-8-17-12-14-21(29(17)20)24(19)25-16(3)27(31)26-22-15-13-18-9-7-11-23(30(18)22)28(25,26)5-2/h11,17-18H,4-10,12-15H2,1-3H3/t17-,18-,28-/m1/s1. The molecule has 0 amide bonds. The molecule has 31 heavy (non-hydrogen) atoms. The zero-order valence-electron chi connectivity index (χ0n) is 19.3. The van der Waals surface area contributed by atoms with E-state index in [2.05, 4.69) is 36.3 Å². The first-order valence-corrected chi connectivity index (χ1v) is 12.9. The average molecular weight is 415 g/mol. The summed E-state index contributed by atoms with van der Waals surface area (Å²) in [4.78, 5) is 16.6. The van der Waals surface area contributed by atoms with Crippen LogP contribution in [0.3, 0.4) is 0 Å². The van der Waals surface area contributed by atoms with Crippen molar-refractivity contribution in [1.29, 1.82) is 0 Å². The highest BCUT2D eigenvalue weighted by atomic mass is 16.1. The van der Waals surface area contributed by atoms with Crippen molar-refractivity contribution in [3.63, 3.8) is 0 Å². The van der Waals surface area contributed by atoms with E-state index in [1.165, 1.54) is 79.5 Å². The summed E-state index contributed by atoms with van der Waals surface area (Å²) in [6.45, 7) is 6.82. The summed E-state index contributed by atoms with van der Waals surface area (Å²) in [5, 5.41) is 0. The molecule has 162 valence electrons. The number of hydrogen-bond acceptors (Lipinski definition) is 2. The lowest BCUT2D eigenvalue weighted by Crippen LogP contribution is -2.34. The first-order valence-electron chi connectivity index (χ1n) is 12.9. The molecule has 6 heterocycles. The molecular formula is C28H34N2O. The highest BCUT2D eigenvalue weighted by Gasteiger charge is 2.61. The molecule has 1 saturated heterocycles. The largest absolute Gasteiger partial charge is 0.345 e. The summed E-state index contributed by atoms with van der Waals surface area (Å²) in [5.41, 5.74) is 12.6. The van der Waals surface area contributed by atoms with Crippen LogP contribution >= 0.6 is 0 Å². The van der Waals surface area contributed by atoms with Gasteiger partial charge in [-0.3, -0.25) is 4.79 Å². The summed E-state index contributed by atoms with van der Waals surface area (Å²) in [6, 6.07) is 1.33. The number of fused-ring (bicyclic) bond motifs is 2. The van der Waals surface area contributed by atoms with Crippen LogP contribution in [0.5, 0.6) is 0 Å². The molecule has 5 aliphatic heterocycles. The second kappa shape index (κ2) is 6.05. The van der Waals surface area contributed by atoms with Gasteiger partial charge in [0.05, 0.1) is 5.41 Å². The van der Waals surface area contributed by atoms with Crippen molar-refractivity contribution in [1.82, 2.24) is 9.47 Å². The van der Waals surface area contributed by atoms with Gasteiger partial charge in [0.25, 0.3) is 0 Å². The van der Waals surface area contributed by atoms with Crippen LogP contribution in [0.2, 0.25) is 0 Å². The van der Waals surface area contributed by atoms with Crippen molar-refractivity contribution in [2.45, 2.75) is 103 Å². The molecular weight excluding hydrogens is 380 g/mol. The van der Waals surface area contributed by atoms with Crippen molar-refractivity contribution in [3.8, 4) is 0 Å². The molecule has 6 aliphatic rings. The first kappa shape index (κ1) is 18.5. The van der Waals surface area contributed by atoms with Crippen LogP contribution in [0, 0.1) is 5.41 Å². The van der Waals surface area contributed by atoms with Crippen molar-refractivity contribution >= 4 is 11.4 Å². The zero-order chi connectivity index (χ0) is 21.1. The van der Waals surface area contributed by atoms with Gasteiger partial charge in [0.2, 0.25) is 0 Å². The second-order valence-corrected chi connectivity index (χ2v) is 10.7. The van der Waals surface area contributed by atoms with Crippen LogP contribution in [0.4, 0.5) is 0 Å². The van der Waals surface area contributed by atoms with Crippen molar-refractivity contribution in [2.75, 3.05) is 0 Å². The Kier molecular flexibility index (Phi) is 3.62. The molecule has 1 aromatic rings. The van der Waals surface area contributed by atoms with Gasteiger partial charge in [-0.25, -0.2) is 0 Å². The number of carbonyl (C=O) groups is 1. The molecule has 3 atom stereocenters. The smallest absolute Gasteiger partial charge is 0.188 e. The zero-order valence-corrected chi connectivity index (χ0v) is 19.3. The Morgan fingerprint density at radius 3 is 2.65 bits per heavy atom. The van der Waals surface area contributed by atoms with Gasteiger partial charge in [-0.2, -0.15) is 0 Å². The van der Waals surface area contributed by atoms with Crippen LogP contribution in [-0.2, 0) is 24.1 Å². The number of hydrogen-bond donors (Lipinski definition) is 0. The lowest BCUT2D eigenvalue weighted by molar-refractivity contribution is -0.112. The Labute approximate surface area is 185 Å². The van der Waals surface area contributed by atoms with Gasteiger partial charge in [-0.05, 0) is 88.7 Å².